The van der Waals surface area contributed by atoms with Gasteiger partial charge in [-0.15, -0.1) is 11.3 Å². The molecule has 1 saturated heterocycles. The van der Waals surface area contributed by atoms with E-state index in [4.69, 9.17) is 4.74 Å². The summed E-state index contributed by atoms with van der Waals surface area (Å²) < 4.78 is 7.29. The molecule has 1 amide bonds. The van der Waals surface area contributed by atoms with Crippen LogP contribution in [0.3, 0.4) is 0 Å². The molecule has 0 radical (unpaired) electrons. The Labute approximate surface area is 357 Å². The number of hydrogen-bond acceptors (Lipinski definition) is 7. The number of aliphatic hydroxyl groups is 2. The molecule has 60 heavy (non-hydrogen) atoms. The summed E-state index contributed by atoms with van der Waals surface area (Å²) in [5.41, 5.74) is -0.465. The Kier molecular flexibility index (Phi) is 10.0. The van der Waals surface area contributed by atoms with Gasteiger partial charge in [-0.25, -0.2) is 0 Å². The van der Waals surface area contributed by atoms with E-state index < -0.39 is 33.6 Å². The number of carbonyl (C=O) groups is 3. The number of thiophene rings is 1. The molecule has 5 aliphatic rings. The first-order chi connectivity index (χ1) is 28.6. The molecule has 10 rings (SSSR count). The normalized spacial score (nSPS) is 29.9. The number of amides is 1. The van der Waals surface area contributed by atoms with E-state index in [-0.39, 0.29) is 36.7 Å². The monoisotopic (exact) mass is 823 g/mol. The van der Waals surface area contributed by atoms with Crippen molar-refractivity contribution in [3.63, 3.8) is 0 Å². The van der Waals surface area contributed by atoms with Crippen molar-refractivity contribution >= 4 is 49.9 Å². The highest BCUT2D eigenvalue weighted by Crippen LogP contribution is 2.66. The molecule has 6 atom stereocenters. The van der Waals surface area contributed by atoms with Gasteiger partial charge in [0, 0.05) is 27.6 Å². The molecule has 1 aromatic heterocycles. The Morgan fingerprint density at radius 3 is 2.37 bits per heavy atom. The van der Waals surface area contributed by atoms with E-state index in [0.717, 1.165) is 44.0 Å². The van der Waals surface area contributed by atoms with Gasteiger partial charge in [0.2, 0.25) is 5.78 Å². The second-order valence-electron chi connectivity index (χ2n) is 19.4. The summed E-state index contributed by atoms with van der Waals surface area (Å²) in [6, 6.07) is 30.4. The van der Waals surface area contributed by atoms with Crippen LogP contribution in [-0.4, -0.2) is 56.6 Å². The third-order valence-electron chi connectivity index (χ3n) is 16.0. The molecule has 3 fully saturated rings. The summed E-state index contributed by atoms with van der Waals surface area (Å²) in [5.74, 6) is -0.848. The fourth-order valence-electron chi connectivity index (χ4n) is 11.6. The average molecular weight is 824 g/mol. The van der Waals surface area contributed by atoms with Gasteiger partial charge < -0.3 is 19.8 Å². The maximum atomic E-state index is 15.5. The van der Waals surface area contributed by atoms with Gasteiger partial charge >= 0.3 is 5.97 Å². The van der Waals surface area contributed by atoms with E-state index >= 15 is 4.79 Å². The molecule has 2 N–H and O–H groups in total. The SMILES string of the molecule is CC1=CCCC2(C)C(CCC2(O)CN(Cc2cccc3ccccc23)C(=O)C23CCC(C)(C(=O)O2)C3(C)C)c2ccc(cc2C(=O)c2cc3ccccc3s2)CC(O)CC1. The Balaban J connectivity index is 1.16. The zero-order valence-electron chi connectivity index (χ0n) is 35.6. The highest BCUT2D eigenvalue weighted by atomic mass is 32.1. The van der Waals surface area contributed by atoms with Crippen LogP contribution in [0.5, 0.6) is 0 Å². The first kappa shape index (κ1) is 40.8. The van der Waals surface area contributed by atoms with Crippen molar-refractivity contribution in [3.05, 3.63) is 130 Å². The number of carbonyl (C=O) groups excluding carboxylic acids is 3. The van der Waals surface area contributed by atoms with Gasteiger partial charge in [-0.1, -0.05) is 105 Å². The Morgan fingerprint density at radius 1 is 0.867 bits per heavy atom. The van der Waals surface area contributed by atoms with Crippen LogP contribution in [0.2, 0.25) is 0 Å². The summed E-state index contributed by atoms with van der Waals surface area (Å²) >= 11 is 1.49. The van der Waals surface area contributed by atoms with Gasteiger partial charge in [0.25, 0.3) is 5.91 Å². The van der Waals surface area contributed by atoms with Crippen molar-refractivity contribution in [2.45, 2.75) is 122 Å². The molecule has 4 aliphatic carbocycles. The minimum absolute atomic E-state index is 0.0424. The first-order valence-electron chi connectivity index (χ1n) is 21.8. The van der Waals surface area contributed by atoms with Crippen LogP contribution in [0.1, 0.15) is 124 Å². The Morgan fingerprint density at radius 2 is 1.62 bits per heavy atom. The third kappa shape index (κ3) is 6.30. The molecule has 6 unspecified atom stereocenters. The second-order valence-corrected chi connectivity index (χ2v) is 20.5. The number of benzene rings is 4. The fourth-order valence-corrected chi connectivity index (χ4v) is 12.6. The first-order valence-corrected chi connectivity index (χ1v) is 22.6. The third-order valence-corrected chi connectivity index (χ3v) is 17.1. The van der Waals surface area contributed by atoms with Gasteiger partial charge in [0.05, 0.1) is 28.5 Å². The smallest absolute Gasteiger partial charge is 0.313 e. The largest absolute Gasteiger partial charge is 0.448 e. The lowest BCUT2D eigenvalue weighted by molar-refractivity contribution is -0.178. The highest BCUT2D eigenvalue weighted by molar-refractivity contribution is 7.21. The number of esters is 1. The molecule has 1 aliphatic heterocycles. The summed E-state index contributed by atoms with van der Waals surface area (Å²) in [4.78, 5) is 46.4. The summed E-state index contributed by atoms with van der Waals surface area (Å²) in [5, 5.41) is 27.8. The number of rotatable bonds is 7. The molecule has 5 aromatic rings. The number of fused-ring (bicyclic) bond motifs is 12. The topological polar surface area (TPSA) is 104 Å². The van der Waals surface area contributed by atoms with Crippen molar-refractivity contribution in [1.82, 2.24) is 4.90 Å². The van der Waals surface area contributed by atoms with Gasteiger partial charge in [0.15, 0.2) is 5.60 Å². The predicted octanol–water partition coefficient (Wildman–Crippen LogP) is 10.5. The van der Waals surface area contributed by atoms with Crippen molar-refractivity contribution in [2.24, 2.45) is 16.2 Å². The van der Waals surface area contributed by atoms with Gasteiger partial charge in [-0.3, -0.25) is 14.4 Å². The van der Waals surface area contributed by atoms with Crippen molar-refractivity contribution in [1.29, 1.82) is 0 Å². The number of nitrogens with zero attached hydrogens (tertiary/aromatic N) is 1. The summed E-state index contributed by atoms with van der Waals surface area (Å²) in [6.07, 6.45) is 6.84. The van der Waals surface area contributed by atoms with Crippen molar-refractivity contribution < 1.29 is 29.3 Å². The zero-order valence-corrected chi connectivity index (χ0v) is 36.4. The van der Waals surface area contributed by atoms with Crippen molar-refractivity contribution in [2.75, 3.05) is 6.54 Å². The molecule has 4 aromatic carbocycles. The molecule has 4 bridgehead atoms. The highest BCUT2D eigenvalue weighted by Gasteiger charge is 2.76. The van der Waals surface area contributed by atoms with E-state index in [0.29, 0.717) is 61.8 Å². The Hall–Kier alpha value is -4.63. The number of ketones is 1. The quantitative estimate of drug-likeness (QED) is 0.0962. The molecule has 2 heterocycles. The molecule has 312 valence electrons. The lowest BCUT2D eigenvalue weighted by Crippen LogP contribution is -2.60. The van der Waals surface area contributed by atoms with E-state index in [9.17, 15) is 19.8 Å². The molecular weight excluding hydrogens is 767 g/mol. The summed E-state index contributed by atoms with van der Waals surface area (Å²) in [6.45, 7) is 10.5. The molecule has 8 heteroatoms. The maximum Gasteiger partial charge on any atom is 0.313 e. The maximum absolute atomic E-state index is 15.5. The standard InChI is InChI=1S/C52H57NO6S/c1-33-12-11-24-49(4)42(40-22-20-34(28-38(54)21-19-33)29-41(40)45(55)44-30-36-14-7-9-18-43(36)60-44)23-25-51(49,58)32-53(31-37-16-10-15-35-13-6-8-17-39(35)37)46(56)52-27-26-50(5,47(57)59-52)48(52,2)3/h6-10,12-18,20,22,29-30,38,42,54,58H,11,19,21,23-28,31-32H2,1-5H3. The van der Waals surface area contributed by atoms with Crippen LogP contribution in [0, 0.1) is 16.2 Å². The molecule has 7 nitrogen and oxygen atoms in total. The van der Waals surface area contributed by atoms with Gasteiger partial charge in [-0.05, 0) is 129 Å². The lowest BCUT2D eigenvalue weighted by Gasteiger charge is -2.47. The molecule has 0 spiro atoms. The van der Waals surface area contributed by atoms with Crippen LogP contribution >= 0.6 is 11.3 Å². The minimum atomic E-state index is -1.37. The van der Waals surface area contributed by atoms with Crippen LogP contribution in [0.15, 0.2) is 103 Å². The van der Waals surface area contributed by atoms with Crippen LogP contribution < -0.4 is 0 Å². The minimum Gasteiger partial charge on any atom is -0.448 e. The number of aliphatic hydroxyl groups excluding tert-OH is 1. The summed E-state index contributed by atoms with van der Waals surface area (Å²) in [7, 11) is 0. The van der Waals surface area contributed by atoms with E-state index in [1.165, 1.54) is 16.9 Å². The second kappa shape index (κ2) is 14.8. The average Bonchev–Trinajstić information content (AvgIpc) is 3.88. The molecular formula is C52H57NO6S. The van der Waals surface area contributed by atoms with Crippen LogP contribution in [0.4, 0.5) is 0 Å². The van der Waals surface area contributed by atoms with E-state index in [1.807, 2.05) is 86.3 Å². The number of hydrogen-bond donors (Lipinski definition) is 2. The van der Waals surface area contributed by atoms with Crippen LogP contribution in [-0.2, 0) is 27.3 Å². The zero-order chi connectivity index (χ0) is 42.2. The van der Waals surface area contributed by atoms with E-state index in [2.05, 4.69) is 50.3 Å². The molecule has 2 saturated carbocycles. The lowest BCUT2D eigenvalue weighted by atomic mass is 9.64. The van der Waals surface area contributed by atoms with Gasteiger partial charge in [-0.2, -0.15) is 0 Å². The Bertz CT molecular complexity index is 2530. The van der Waals surface area contributed by atoms with Gasteiger partial charge in [0.1, 0.15) is 0 Å². The van der Waals surface area contributed by atoms with Crippen LogP contribution in [0.25, 0.3) is 20.9 Å². The van der Waals surface area contributed by atoms with Crippen molar-refractivity contribution in [3.8, 4) is 0 Å². The fraction of sp³-hybridized carbons (Fsp3) is 0.442. The predicted molar refractivity (Wildman–Crippen MR) is 238 cm³/mol. The van der Waals surface area contributed by atoms with E-state index in [1.54, 1.807) is 0 Å². The number of allylic oxidation sites excluding steroid dienone is 2. The number of ether oxygens (including phenoxy) is 1.